The molecule has 0 saturated heterocycles. The molecule has 3 aromatic rings. The Morgan fingerprint density at radius 1 is 1.19 bits per heavy atom. The quantitative estimate of drug-likeness (QED) is 0.695. The standard InChI is InChI=1S/C16H17N3OS/c1-12-10-21-11-14(12)16-18-15(20-19-16)8-5-9-17-13-6-3-2-4-7-13/h2-4,6-7,10-11,17H,5,8-9H2,1H3. The molecular formula is C16H17N3OS. The van der Waals surface area contributed by atoms with Gasteiger partial charge in [0.1, 0.15) is 0 Å². The van der Waals surface area contributed by atoms with Crippen LogP contribution in [0.1, 0.15) is 17.9 Å². The van der Waals surface area contributed by atoms with Crippen LogP contribution in [0.15, 0.2) is 45.6 Å². The Labute approximate surface area is 127 Å². The van der Waals surface area contributed by atoms with Crippen molar-refractivity contribution in [3.05, 3.63) is 52.5 Å². The Bertz CT molecular complexity index is 690. The van der Waals surface area contributed by atoms with Gasteiger partial charge in [-0.1, -0.05) is 23.4 Å². The van der Waals surface area contributed by atoms with E-state index in [2.05, 4.69) is 45.3 Å². The fraction of sp³-hybridized carbons (Fsp3) is 0.250. The van der Waals surface area contributed by atoms with Crippen molar-refractivity contribution in [3.63, 3.8) is 0 Å². The Morgan fingerprint density at radius 3 is 2.81 bits per heavy atom. The van der Waals surface area contributed by atoms with E-state index in [1.807, 2.05) is 18.2 Å². The van der Waals surface area contributed by atoms with Crippen molar-refractivity contribution in [2.24, 2.45) is 0 Å². The minimum atomic E-state index is 0.694. The molecule has 5 heteroatoms. The fourth-order valence-electron chi connectivity index (χ4n) is 2.08. The molecule has 0 radical (unpaired) electrons. The lowest BCUT2D eigenvalue weighted by atomic mass is 10.2. The summed E-state index contributed by atoms with van der Waals surface area (Å²) in [6, 6.07) is 10.2. The largest absolute Gasteiger partial charge is 0.385 e. The van der Waals surface area contributed by atoms with Crippen molar-refractivity contribution in [3.8, 4) is 11.4 Å². The van der Waals surface area contributed by atoms with Gasteiger partial charge in [0.05, 0.1) is 0 Å². The summed E-state index contributed by atoms with van der Waals surface area (Å²) >= 11 is 1.66. The molecule has 3 rings (SSSR count). The molecule has 2 aromatic heterocycles. The first-order chi connectivity index (χ1) is 10.3. The third-order valence-corrected chi connectivity index (χ3v) is 4.10. The number of nitrogens with zero attached hydrogens (tertiary/aromatic N) is 2. The second kappa shape index (κ2) is 6.54. The van der Waals surface area contributed by atoms with Crippen LogP contribution in [0, 0.1) is 6.92 Å². The number of thiophene rings is 1. The molecule has 0 atom stereocenters. The van der Waals surface area contributed by atoms with E-state index >= 15 is 0 Å². The molecule has 0 fully saturated rings. The molecule has 0 aliphatic carbocycles. The minimum absolute atomic E-state index is 0.694. The van der Waals surface area contributed by atoms with Crippen LogP contribution in [-0.2, 0) is 6.42 Å². The minimum Gasteiger partial charge on any atom is -0.385 e. The fourth-order valence-corrected chi connectivity index (χ4v) is 2.91. The second-order valence-electron chi connectivity index (χ2n) is 4.88. The number of rotatable bonds is 6. The first-order valence-electron chi connectivity index (χ1n) is 6.97. The number of hydrogen-bond donors (Lipinski definition) is 1. The number of aryl methyl sites for hydroxylation is 2. The zero-order chi connectivity index (χ0) is 14.5. The summed E-state index contributed by atoms with van der Waals surface area (Å²) in [6.07, 6.45) is 1.75. The first-order valence-corrected chi connectivity index (χ1v) is 7.92. The van der Waals surface area contributed by atoms with Crippen LogP contribution < -0.4 is 5.32 Å². The Balaban J connectivity index is 1.50. The van der Waals surface area contributed by atoms with Crippen molar-refractivity contribution < 1.29 is 4.52 Å². The van der Waals surface area contributed by atoms with Crippen LogP contribution in [0.2, 0.25) is 0 Å². The summed E-state index contributed by atoms with van der Waals surface area (Å²) in [5, 5.41) is 11.6. The molecule has 2 heterocycles. The van der Waals surface area contributed by atoms with Gasteiger partial charge in [-0.05, 0) is 36.4 Å². The van der Waals surface area contributed by atoms with E-state index in [0.717, 1.165) is 30.6 Å². The van der Waals surface area contributed by atoms with Gasteiger partial charge in [-0.25, -0.2) is 0 Å². The highest BCUT2D eigenvalue weighted by Gasteiger charge is 2.11. The summed E-state index contributed by atoms with van der Waals surface area (Å²) < 4.78 is 5.31. The molecule has 0 unspecified atom stereocenters. The molecule has 21 heavy (non-hydrogen) atoms. The van der Waals surface area contributed by atoms with Gasteiger partial charge in [0.2, 0.25) is 11.7 Å². The van der Waals surface area contributed by atoms with Gasteiger partial charge in [0.25, 0.3) is 0 Å². The van der Waals surface area contributed by atoms with Gasteiger partial charge < -0.3 is 9.84 Å². The lowest BCUT2D eigenvalue weighted by molar-refractivity contribution is 0.377. The average molecular weight is 299 g/mol. The Morgan fingerprint density at radius 2 is 2.05 bits per heavy atom. The molecule has 1 aromatic carbocycles. The average Bonchev–Trinajstić information content (AvgIpc) is 3.13. The van der Waals surface area contributed by atoms with Gasteiger partial charge in [-0.3, -0.25) is 0 Å². The zero-order valence-corrected chi connectivity index (χ0v) is 12.7. The molecule has 108 valence electrons. The third kappa shape index (κ3) is 3.49. The highest BCUT2D eigenvalue weighted by molar-refractivity contribution is 7.08. The predicted molar refractivity (Wildman–Crippen MR) is 85.6 cm³/mol. The third-order valence-electron chi connectivity index (χ3n) is 3.23. The maximum absolute atomic E-state index is 5.31. The molecule has 0 amide bonds. The van der Waals surface area contributed by atoms with Crippen LogP contribution in [0.25, 0.3) is 11.4 Å². The molecule has 1 N–H and O–H groups in total. The highest BCUT2D eigenvalue weighted by Crippen LogP contribution is 2.24. The van der Waals surface area contributed by atoms with Gasteiger partial charge in [-0.2, -0.15) is 16.3 Å². The zero-order valence-electron chi connectivity index (χ0n) is 11.9. The van der Waals surface area contributed by atoms with Gasteiger partial charge in [0.15, 0.2) is 0 Å². The molecule has 4 nitrogen and oxygen atoms in total. The van der Waals surface area contributed by atoms with Gasteiger partial charge in [-0.15, -0.1) is 0 Å². The van der Waals surface area contributed by atoms with Crippen molar-refractivity contribution in [1.29, 1.82) is 0 Å². The summed E-state index contributed by atoms with van der Waals surface area (Å²) in [6.45, 7) is 2.95. The lowest BCUT2D eigenvalue weighted by Crippen LogP contribution is -2.02. The van der Waals surface area contributed by atoms with E-state index in [-0.39, 0.29) is 0 Å². The van der Waals surface area contributed by atoms with E-state index in [0.29, 0.717) is 11.7 Å². The number of nitrogens with one attached hydrogen (secondary N) is 1. The van der Waals surface area contributed by atoms with E-state index in [1.165, 1.54) is 5.56 Å². The van der Waals surface area contributed by atoms with E-state index in [1.54, 1.807) is 11.3 Å². The van der Waals surface area contributed by atoms with Crippen LogP contribution in [0.4, 0.5) is 5.69 Å². The van der Waals surface area contributed by atoms with Crippen LogP contribution in [0.3, 0.4) is 0 Å². The number of hydrogen-bond acceptors (Lipinski definition) is 5. The normalized spacial score (nSPS) is 10.7. The Kier molecular flexibility index (Phi) is 4.31. The van der Waals surface area contributed by atoms with E-state index < -0.39 is 0 Å². The van der Waals surface area contributed by atoms with Crippen LogP contribution >= 0.6 is 11.3 Å². The smallest absolute Gasteiger partial charge is 0.227 e. The van der Waals surface area contributed by atoms with Crippen molar-refractivity contribution >= 4 is 17.0 Å². The van der Waals surface area contributed by atoms with Crippen LogP contribution in [0.5, 0.6) is 0 Å². The molecule has 0 bridgehead atoms. The summed E-state index contributed by atoms with van der Waals surface area (Å²) in [7, 11) is 0. The van der Waals surface area contributed by atoms with Crippen LogP contribution in [-0.4, -0.2) is 16.7 Å². The van der Waals surface area contributed by atoms with Gasteiger partial charge in [0, 0.05) is 29.6 Å². The van der Waals surface area contributed by atoms with Gasteiger partial charge >= 0.3 is 0 Å². The molecular weight excluding hydrogens is 282 g/mol. The second-order valence-corrected chi connectivity index (χ2v) is 5.62. The summed E-state index contributed by atoms with van der Waals surface area (Å²) in [4.78, 5) is 4.46. The monoisotopic (exact) mass is 299 g/mol. The predicted octanol–water partition coefficient (Wildman–Crippen LogP) is 4.15. The number of para-hydroxylation sites is 1. The topological polar surface area (TPSA) is 51.0 Å². The number of benzene rings is 1. The number of aromatic nitrogens is 2. The van der Waals surface area contributed by atoms with Crippen molar-refractivity contribution in [2.45, 2.75) is 19.8 Å². The van der Waals surface area contributed by atoms with Crippen molar-refractivity contribution in [2.75, 3.05) is 11.9 Å². The van der Waals surface area contributed by atoms with E-state index in [4.69, 9.17) is 4.52 Å². The summed E-state index contributed by atoms with van der Waals surface area (Å²) in [5.74, 6) is 1.39. The molecule has 0 aliphatic heterocycles. The molecule has 0 spiro atoms. The van der Waals surface area contributed by atoms with Crippen molar-refractivity contribution in [1.82, 2.24) is 10.1 Å². The maximum Gasteiger partial charge on any atom is 0.227 e. The summed E-state index contributed by atoms with van der Waals surface area (Å²) in [5.41, 5.74) is 3.40. The Hall–Kier alpha value is -2.14. The number of anilines is 1. The first kappa shape index (κ1) is 13.8. The lowest BCUT2D eigenvalue weighted by Gasteiger charge is -2.03. The SMILES string of the molecule is Cc1cscc1-c1noc(CCCNc2ccccc2)n1. The highest BCUT2D eigenvalue weighted by atomic mass is 32.1. The molecule has 0 saturated carbocycles. The molecule has 0 aliphatic rings. The maximum atomic E-state index is 5.31. The van der Waals surface area contributed by atoms with E-state index in [9.17, 15) is 0 Å².